The summed E-state index contributed by atoms with van der Waals surface area (Å²) in [5.41, 5.74) is 0. The number of benzene rings is 1. The van der Waals surface area contributed by atoms with E-state index in [1.165, 1.54) is 6.07 Å². The first kappa shape index (κ1) is 23.3. The number of piperazine rings is 1. The van der Waals surface area contributed by atoms with Crippen LogP contribution in [0.1, 0.15) is 33.6 Å². The summed E-state index contributed by atoms with van der Waals surface area (Å²) in [4.78, 5) is 23.9. The molecule has 0 radical (unpaired) electrons. The van der Waals surface area contributed by atoms with Crippen LogP contribution < -0.4 is 10.1 Å². The van der Waals surface area contributed by atoms with Gasteiger partial charge in [-0.1, -0.05) is 12.1 Å². The molecule has 0 aliphatic carbocycles. The van der Waals surface area contributed by atoms with Crippen LogP contribution in [0.2, 0.25) is 0 Å². The lowest BCUT2D eigenvalue weighted by atomic mass is 10.2. The summed E-state index contributed by atoms with van der Waals surface area (Å²) >= 11 is 0. The van der Waals surface area contributed by atoms with Gasteiger partial charge in [-0.25, -0.2) is 9.38 Å². The number of para-hydroxylation sites is 1. The van der Waals surface area contributed by atoms with Gasteiger partial charge < -0.3 is 19.9 Å². The Hall–Kier alpha value is -2.35. The molecule has 7 nitrogen and oxygen atoms in total. The Labute approximate surface area is 185 Å². The van der Waals surface area contributed by atoms with Crippen LogP contribution in [0.15, 0.2) is 29.3 Å². The quantitative estimate of drug-likeness (QED) is 0.528. The number of halogens is 1. The van der Waals surface area contributed by atoms with Crippen LogP contribution in [0.4, 0.5) is 4.39 Å². The molecule has 31 heavy (non-hydrogen) atoms. The number of guanidine groups is 1. The molecule has 2 aliphatic heterocycles. The van der Waals surface area contributed by atoms with E-state index >= 15 is 0 Å². The fourth-order valence-corrected chi connectivity index (χ4v) is 4.11. The van der Waals surface area contributed by atoms with Gasteiger partial charge in [0.2, 0.25) is 5.91 Å². The van der Waals surface area contributed by atoms with Crippen LogP contribution in [-0.4, -0.2) is 91.1 Å². The fourth-order valence-electron chi connectivity index (χ4n) is 4.11. The predicted octanol–water partition coefficient (Wildman–Crippen LogP) is 2.19. The Morgan fingerprint density at radius 1 is 1.10 bits per heavy atom. The van der Waals surface area contributed by atoms with Crippen LogP contribution >= 0.6 is 0 Å². The van der Waals surface area contributed by atoms with Crippen molar-refractivity contribution in [1.29, 1.82) is 0 Å². The zero-order valence-corrected chi connectivity index (χ0v) is 19.0. The van der Waals surface area contributed by atoms with Crippen LogP contribution in [0.5, 0.6) is 5.75 Å². The molecule has 0 bridgehead atoms. The van der Waals surface area contributed by atoms with Crippen molar-refractivity contribution in [2.45, 2.75) is 45.8 Å². The zero-order valence-electron chi connectivity index (χ0n) is 19.0. The average Bonchev–Trinajstić information content (AvgIpc) is 3.32. The minimum Gasteiger partial charge on any atom is -0.486 e. The molecular formula is C23H36FN5O2. The van der Waals surface area contributed by atoms with Crippen LogP contribution in [0.25, 0.3) is 0 Å². The Kier molecular flexibility index (Phi) is 8.51. The molecule has 2 unspecified atom stereocenters. The molecule has 8 heteroatoms. The second-order valence-corrected chi connectivity index (χ2v) is 8.28. The normalized spacial score (nSPS) is 19.9. The number of carbonyl (C=O) groups excluding carboxylic acids is 1. The molecule has 0 spiro atoms. The van der Waals surface area contributed by atoms with Crippen molar-refractivity contribution < 1.29 is 13.9 Å². The van der Waals surface area contributed by atoms with E-state index in [9.17, 15) is 9.18 Å². The Morgan fingerprint density at radius 2 is 1.77 bits per heavy atom. The van der Waals surface area contributed by atoms with Crippen LogP contribution in [0, 0.1) is 5.82 Å². The third kappa shape index (κ3) is 6.32. The van der Waals surface area contributed by atoms with Gasteiger partial charge in [-0.15, -0.1) is 0 Å². The number of hydrogen-bond donors (Lipinski definition) is 1. The third-order valence-corrected chi connectivity index (χ3v) is 5.93. The number of aliphatic imine (C=N–C) groups is 1. The van der Waals surface area contributed by atoms with Gasteiger partial charge in [-0.2, -0.15) is 0 Å². The van der Waals surface area contributed by atoms with Crippen molar-refractivity contribution in [3.63, 3.8) is 0 Å². The number of hydrogen-bond acceptors (Lipinski definition) is 4. The molecule has 2 atom stereocenters. The fraction of sp³-hybridized carbons (Fsp3) is 0.652. The monoisotopic (exact) mass is 433 g/mol. The number of ether oxygens (including phenoxy) is 1. The maximum absolute atomic E-state index is 13.8. The average molecular weight is 434 g/mol. The molecule has 3 rings (SSSR count). The highest BCUT2D eigenvalue weighted by Gasteiger charge is 2.30. The van der Waals surface area contributed by atoms with Gasteiger partial charge in [0.25, 0.3) is 0 Å². The molecule has 0 saturated carbocycles. The zero-order chi connectivity index (χ0) is 22.2. The Bertz CT molecular complexity index is 745. The molecule has 1 N–H and O–H groups in total. The number of nitrogens with zero attached hydrogens (tertiary/aromatic N) is 4. The largest absolute Gasteiger partial charge is 0.486 e. The summed E-state index contributed by atoms with van der Waals surface area (Å²) in [5.74, 6) is 0.981. The number of rotatable bonds is 7. The molecule has 2 saturated heterocycles. The van der Waals surface area contributed by atoms with E-state index < -0.39 is 0 Å². The van der Waals surface area contributed by atoms with E-state index in [2.05, 4.69) is 15.1 Å². The second kappa shape index (κ2) is 11.3. The van der Waals surface area contributed by atoms with E-state index in [4.69, 9.17) is 9.73 Å². The number of amides is 1. The maximum atomic E-state index is 13.8. The second-order valence-electron chi connectivity index (χ2n) is 8.28. The first-order chi connectivity index (χ1) is 15.0. The van der Waals surface area contributed by atoms with Crippen molar-refractivity contribution in [2.24, 2.45) is 4.99 Å². The number of likely N-dealkylation sites (tertiary alicyclic amines) is 1. The minimum absolute atomic E-state index is 0.0750. The molecule has 1 aromatic rings. The summed E-state index contributed by atoms with van der Waals surface area (Å²) in [7, 11) is 0. The summed E-state index contributed by atoms with van der Waals surface area (Å²) in [6.07, 6.45) is 1.99. The first-order valence-corrected chi connectivity index (χ1v) is 11.5. The van der Waals surface area contributed by atoms with E-state index in [1.54, 1.807) is 18.2 Å². The Balaban J connectivity index is 1.52. The van der Waals surface area contributed by atoms with Gasteiger partial charge in [-0.05, 0) is 45.7 Å². The highest BCUT2D eigenvalue weighted by Crippen LogP contribution is 2.17. The van der Waals surface area contributed by atoms with E-state index in [0.717, 1.165) is 64.6 Å². The molecule has 2 heterocycles. The summed E-state index contributed by atoms with van der Waals surface area (Å²) in [6, 6.07) is 6.35. The first-order valence-electron chi connectivity index (χ1n) is 11.5. The van der Waals surface area contributed by atoms with Crippen molar-refractivity contribution in [3.8, 4) is 5.75 Å². The van der Waals surface area contributed by atoms with Crippen molar-refractivity contribution >= 4 is 11.9 Å². The van der Waals surface area contributed by atoms with Gasteiger partial charge in [-0.3, -0.25) is 9.69 Å². The van der Waals surface area contributed by atoms with Gasteiger partial charge in [0.15, 0.2) is 17.5 Å². The van der Waals surface area contributed by atoms with Gasteiger partial charge >= 0.3 is 0 Å². The van der Waals surface area contributed by atoms with E-state index in [-0.39, 0.29) is 29.6 Å². The Morgan fingerprint density at radius 3 is 2.42 bits per heavy atom. The van der Waals surface area contributed by atoms with Crippen molar-refractivity contribution in [1.82, 2.24) is 20.0 Å². The molecule has 2 aliphatic rings. The van der Waals surface area contributed by atoms with Gasteiger partial charge in [0.1, 0.15) is 6.10 Å². The lowest BCUT2D eigenvalue weighted by molar-refractivity contribution is -0.135. The van der Waals surface area contributed by atoms with E-state index in [0.29, 0.717) is 6.54 Å². The lowest BCUT2D eigenvalue weighted by Gasteiger charge is -2.39. The summed E-state index contributed by atoms with van der Waals surface area (Å²) in [5, 5.41) is 3.35. The molecule has 1 amide bonds. The molecule has 2 fully saturated rings. The third-order valence-electron chi connectivity index (χ3n) is 5.93. The highest BCUT2D eigenvalue weighted by atomic mass is 19.1. The standard InChI is InChI=1S/C23H36FN5O2/c1-4-25-23(26-17-18(2)31-21-10-6-5-9-20(21)24)29-15-13-27(14-16-29)19(3)22(30)28-11-7-8-12-28/h5-6,9-10,18-19H,4,7-8,11-17H2,1-3H3,(H,25,26). The minimum atomic E-state index is -0.362. The number of carbonyl (C=O) groups is 1. The molecular weight excluding hydrogens is 397 g/mol. The van der Waals surface area contributed by atoms with Gasteiger partial charge in [0, 0.05) is 45.8 Å². The van der Waals surface area contributed by atoms with E-state index in [1.807, 2.05) is 25.7 Å². The predicted molar refractivity (Wildman–Crippen MR) is 121 cm³/mol. The topological polar surface area (TPSA) is 60.4 Å². The van der Waals surface area contributed by atoms with Crippen molar-refractivity contribution in [3.05, 3.63) is 30.1 Å². The molecule has 172 valence electrons. The van der Waals surface area contributed by atoms with Crippen LogP contribution in [0.3, 0.4) is 0 Å². The molecule has 1 aromatic carbocycles. The van der Waals surface area contributed by atoms with Crippen LogP contribution in [-0.2, 0) is 4.79 Å². The maximum Gasteiger partial charge on any atom is 0.239 e. The summed E-state index contributed by atoms with van der Waals surface area (Å²) in [6.45, 7) is 12.2. The highest BCUT2D eigenvalue weighted by molar-refractivity contribution is 5.82. The molecule has 0 aromatic heterocycles. The van der Waals surface area contributed by atoms with Gasteiger partial charge in [0.05, 0.1) is 12.6 Å². The lowest BCUT2D eigenvalue weighted by Crippen LogP contribution is -2.57. The smallest absolute Gasteiger partial charge is 0.239 e. The SMILES string of the molecule is CCNC(=NCC(C)Oc1ccccc1F)N1CCN(C(C)C(=O)N2CCCC2)CC1. The summed E-state index contributed by atoms with van der Waals surface area (Å²) < 4.78 is 19.5. The number of nitrogens with one attached hydrogen (secondary N) is 1. The van der Waals surface area contributed by atoms with Crippen molar-refractivity contribution in [2.75, 3.05) is 52.4 Å².